The number of nitrogens with zero attached hydrogens (tertiary/aromatic N) is 7. The molecule has 4 N–H and O–H groups in total. The Bertz CT molecular complexity index is 2590. The zero-order valence-electron chi connectivity index (χ0n) is 40.3. The van der Waals surface area contributed by atoms with Crippen LogP contribution in [0.2, 0.25) is 0 Å². The molecule has 0 aliphatic carbocycles. The van der Waals surface area contributed by atoms with E-state index < -0.39 is 6.04 Å². The average molecular weight is 923 g/mol. The second kappa shape index (κ2) is 21.8. The highest BCUT2D eigenvalue weighted by atomic mass is 19.1. The van der Waals surface area contributed by atoms with Crippen LogP contribution in [0.5, 0.6) is 0 Å². The van der Waals surface area contributed by atoms with Crippen LogP contribution in [0, 0.1) is 12.7 Å². The van der Waals surface area contributed by atoms with E-state index in [-0.39, 0.29) is 41.9 Å². The van der Waals surface area contributed by atoms with Crippen LogP contribution < -0.4 is 16.4 Å². The van der Waals surface area contributed by atoms with Crippen LogP contribution in [-0.4, -0.2) is 103 Å². The number of nitrogens with one attached hydrogen (secondary N) is 2. The zero-order chi connectivity index (χ0) is 47.9. The number of aryl methyl sites for hydroxylation is 1. The number of fused-ring (bicyclic) bond motifs is 1. The second-order valence-corrected chi connectivity index (χ2v) is 18.7. The number of likely N-dealkylation sites (tertiary alicyclic amines) is 2. The minimum absolute atomic E-state index is 0.000151. The lowest BCUT2D eigenvalue weighted by atomic mass is 9.88. The van der Waals surface area contributed by atoms with E-state index >= 15 is 4.39 Å². The van der Waals surface area contributed by atoms with E-state index in [2.05, 4.69) is 75.4 Å². The first-order valence-electron chi connectivity index (χ1n) is 24.6. The van der Waals surface area contributed by atoms with Crippen molar-refractivity contribution in [3.63, 3.8) is 0 Å². The number of piperidine rings is 2. The predicted octanol–water partition coefficient (Wildman–Crippen LogP) is 8.36. The van der Waals surface area contributed by atoms with Gasteiger partial charge in [-0.15, -0.1) is 0 Å². The van der Waals surface area contributed by atoms with E-state index in [0.29, 0.717) is 67.6 Å². The Morgan fingerprint density at radius 2 is 1.66 bits per heavy atom. The molecule has 13 nitrogen and oxygen atoms in total. The number of halogens is 1. The summed E-state index contributed by atoms with van der Waals surface area (Å²) in [6.45, 7) is 16.8. The van der Waals surface area contributed by atoms with Crippen molar-refractivity contribution in [2.45, 2.75) is 117 Å². The Kier molecular flexibility index (Phi) is 15.5. The van der Waals surface area contributed by atoms with E-state index in [4.69, 9.17) is 10.8 Å². The largest absolute Gasteiger partial charge is 0.384 e. The first kappa shape index (κ1) is 48.2. The van der Waals surface area contributed by atoms with Gasteiger partial charge in [0.05, 0.1) is 31.0 Å². The lowest BCUT2D eigenvalue weighted by Gasteiger charge is -2.37. The van der Waals surface area contributed by atoms with Gasteiger partial charge in [0.25, 0.3) is 5.91 Å². The molecule has 9 rings (SSSR count). The van der Waals surface area contributed by atoms with Crippen LogP contribution in [0.1, 0.15) is 122 Å². The molecule has 4 aliphatic rings. The van der Waals surface area contributed by atoms with E-state index in [0.717, 1.165) is 85.6 Å². The average Bonchev–Trinajstić information content (AvgIpc) is 3.70. The maximum Gasteiger partial charge on any atom is 0.254 e. The number of benzene rings is 2. The molecule has 2 atom stereocenters. The Labute approximate surface area is 400 Å². The number of anilines is 2. The van der Waals surface area contributed by atoms with Gasteiger partial charge < -0.3 is 21.3 Å². The van der Waals surface area contributed by atoms with Crippen LogP contribution in [0.25, 0.3) is 17.2 Å². The molecule has 7 heterocycles. The summed E-state index contributed by atoms with van der Waals surface area (Å²) in [5, 5.41) is 10.7. The molecule has 4 aliphatic heterocycles. The molecule has 2 aromatic carbocycles. The van der Waals surface area contributed by atoms with Gasteiger partial charge in [-0.3, -0.25) is 33.8 Å². The maximum atomic E-state index is 15.4. The standard InChI is InChI=1S/C52H61FN10O3.C2H6/c1-33(26-47-34(2)55-19-14-45(47)40-8-13-50(54)56-29-40)35(3)61-22-17-37(18-23-61)36-4-6-39(7-5-36)52(66)62-24-25-63-43(32-62)27-42(59-63)31-60-20-15-38(16-21-60)46-11-9-41(28-48(46)53)58-49-12-10-44(64)30-57-51(49)65;1-2/h4-9,11,13-14,19,26-29,35,37-38,49,58H,10,12,15-18,20-25,30-32H2,1-3H3,(H2,54,56)(H,57,65);1-2H3/b33-26+;. The van der Waals surface area contributed by atoms with E-state index in [1.807, 2.05) is 78.3 Å². The van der Waals surface area contributed by atoms with E-state index in [9.17, 15) is 14.4 Å². The number of hydrogen-bond acceptors (Lipinski definition) is 10. The lowest BCUT2D eigenvalue weighted by molar-refractivity contribution is -0.123. The van der Waals surface area contributed by atoms with Gasteiger partial charge in [0.2, 0.25) is 5.91 Å². The number of carbonyl (C=O) groups excluding carboxylic acids is 3. The van der Waals surface area contributed by atoms with Gasteiger partial charge in [-0.05, 0) is 156 Å². The number of nitrogen functional groups attached to an aromatic ring is 1. The molecule has 3 saturated heterocycles. The first-order chi connectivity index (χ1) is 32.9. The predicted molar refractivity (Wildman–Crippen MR) is 266 cm³/mol. The summed E-state index contributed by atoms with van der Waals surface area (Å²) in [5.41, 5.74) is 16.7. The van der Waals surface area contributed by atoms with Crippen molar-refractivity contribution >= 4 is 35.2 Å². The highest BCUT2D eigenvalue weighted by Crippen LogP contribution is 2.34. The zero-order valence-corrected chi connectivity index (χ0v) is 40.3. The number of ketones is 1. The second-order valence-electron chi connectivity index (χ2n) is 18.7. The van der Waals surface area contributed by atoms with Crippen molar-refractivity contribution in [2.24, 2.45) is 0 Å². The molecule has 5 aromatic rings. The molecule has 2 amide bonds. The van der Waals surface area contributed by atoms with Gasteiger partial charge in [-0.1, -0.05) is 43.7 Å². The highest BCUT2D eigenvalue weighted by molar-refractivity contribution is 5.94. The third-order valence-electron chi connectivity index (χ3n) is 14.4. The van der Waals surface area contributed by atoms with E-state index in [1.165, 1.54) is 17.2 Å². The summed E-state index contributed by atoms with van der Waals surface area (Å²) in [7, 11) is 0. The van der Waals surface area contributed by atoms with Gasteiger partial charge >= 0.3 is 0 Å². The molecule has 0 spiro atoms. The van der Waals surface area contributed by atoms with Crippen molar-refractivity contribution in [1.82, 2.24) is 39.8 Å². The number of carbonyl (C=O) groups is 3. The van der Waals surface area contributed by atoms with Crippen molar-refractivity contribution in [1.29, 1.82) is 0 Å². The molecule has 68 heavy (non-hydrogen) atoms. The Balaban J connectivity index is 0.00000308. The minimum atomic E-state index is -0.561. The summed E-state index contributed by atoms with van der Waals surface area (Å²) >= 11 is 0. The molecular weight excluding hydrogens is 856 g/mol. The summed E-state index contributed by atoms with van der Waals surface area (Å²) in [4.78, 5) is 53.7. The third-order valence-corrected chi connectivity index (χ3v) is 14.4. The van der Waals surface area contributed by atoms with Crippen molar-refractivity contribution in [3.05, 3.63) is 130 Å². The van der Waals surface area contributed by atoms with Gasteiger partial charge in [-0.2, -0.15) is 5.10 Å². The molecule has 358 valence electrons. The Morgan fingerprint density at radius 1 is 0.912 bits per heavy atom. The lowest BCUT2D eigenvalue weighted by Crippen LogP contribution is -2.40. The summed E-state index contributed by atoms with van der Waals surface area (Å²) in [5.74, 6) is 0.600. The quantitative estimate of drug-likeness (QED) is 0.118. The molecule has 0 radical (unpaired) electrons. The SMILES string of the molecule is C/C(=C\c1c(-c2ccc(N)nc2)ccnc1C)C(C)N1CCC(c2ccc(C(=O)N3CCn4nc(CN5CCC(c6ccc(NC7CCC(=O)CNC7=O)cc6F)CC5)cc4C3)cc2)CC1.CC. The number of pyridine rings is 2. The van der Waals surface area contributed by atoms with Crippen molar-refractivity contribution in [3.8, 4) is 11.1 Å². The fourth-order valence-corrected chi connectivity index (χ4v) is 10.2. The van der Waals surface area contributed by atoms with Crippen LogP contribution in [0.15, 0.2) is 84.7 Å². The molecule has 3 aromatic heterocycles. The van der Waals surface area contributed by atoms with Crippen LogP contribution in [0.3, 0.4) is 0 Å². The number of amides is 2. The van der Waals surface area contributed by atoms with Crippen LogP contribution >= 0.6 is 0 Å². The molecule has 3 fully saturated rings. The fourth-order valence-electron chi connectivity index (χ4n) is 10.2. The van der Waals surface area contributed by atoms with Crippen LogP contribution in [0.4, 0.5) is 15.9 Å². The third kappa shape index (κ3) is 11.2. The Hall–Kier alpha value is -6.25. The summed E-state index contributed by atoms with van der Waals surface area (Å²) in [6.07, 6.45) is 10.5. The molecule has 14 heteroatoms. The number of hydrogen-bond donors (Lipinski definition) is 3. The molecule has 2 unspecified atom stereocenters. The number of rotatable bonds is 11. The van der Waals surface area contributed by atoms with Crippen molar-refractivity contribution in [2.75, 3.05) is 50.3 Å². The molecule has 0 saturated carbocycles. The summed E-state index contributed by atoms with van der Waals surface area (Å²) < 4.78 is 17.4. The smallest absolute Gasteiger partial charge is 0.254 e. The molecular formula is C54H67FN10O3. The minimum Gasteiger partial charge on any atom is -0.384 e. The van der Waals surface area contributed by atoms with Gasteiger partial charge in [0.15, 0.2) is 5.78 Å². The number of nitrogens with two attached hydrogens (primary N) is 1. The fraction of sp³-hybridized carbons (Fsp3) is 0.444. The molecule has 0 bridgehead atoms. The normalized spacial score (nSPS) is 19.4. The van der Waals surface area contributed by atoms with Crippen LogP contribution in [-0.2, 0) is 29.2 Å². The van der Waals surface area contributed by atoms with Gasteiger partial charge in [0.1, 0.15) is 17.7 Å². The highest BCUT2D eigenvalue weighted by Gasteiger charge is 2.29. The monoisotopic (exact) mass is 923 g/mol. The van der Waals surface area contributed by atoms with Gasteiger partial charge in [0, 0.05) is 66.0 Å². The van der Waals surface area contributed by atoms with E-state index in [1.54, 1.807) is 0 Å². The topological polar surface area (TPSA) is 155 Å². The van der Waals surface area contributed by atoms with Crippen molar-refractivity contribution < 1.29 is 18.8 Å². The number of aromatic nitrogens is 4. The Morgan fingerprint density at radius 3 is 2.38 bits per heavy atom. The number of Topliss-reactive ketones (excluding diaryl/α,β-unsaturated/α-hetero) is 1. The summed E-state index contributed by atoms with van der Waals surface area (Å²) in [6, 6.07) is 21.2. The first-order valence-corrected chi connectivity index (χ1v) is 24.6. The van der Waals surface area contributed by atoms with Gasteiger partial charge in [-0.25, -0.2) is 9.37 Å². The maximum absolute atomic E-state index is 15.4.